The Kier molecular flexibility index (Phi) is 6.45. The van der Waals surface area contributed by atoms with Crippen molar-refractivity contribution >= 4 is 29.0 Å². The number of hydrogen-bond acceptors (Lipinski definition) is 5. The minimum atomic E-state index is -0.360. The molecule has 0 aliphatic rings. The molecule has 0 spiro atoms. The van der Waals surface area contributed by atoms with Crippen molar-refractivity contribution in [2.75, 3.05) is 22.5 Å². The van der Waals surface area contributed by atoms with Gasteiger partial charge in [0.15, 0.2) is 0 Å². The van der Waals surface area contributed by atoms with Crippen LogP contribution in [0, 0.1) is 5.92 Å². The van der Waals surface area contributed by atoms with Crippen LogP contribution in [0.4, 0.5) is 17.2 Å². The summed E-state index contributed by atoms with van der Waals surface area (Å²) in [4.78, 5) is 31.7. The molecule has 0 radical (unpaired) electrons. The van der Waals surface area contributed by atoms with Gasteiger partial charge in [0.2, 0.25) is 5.91 Å². The van der Waals surface area contributed by atoms with E-state index in [0.717, 1.165) is 13.0 Å². The largest absolute Gasteiger partial charge is 0.369 e. The van der Waals surface area contributed by atoms with E-state index in [-0.39, 0.29) is 17.5 Å². The van der Waals surface area contributed by atoms with E-state index in [1.165, 1.54) is 13.1 Å². The summed E-state index contributed by atoms with van der Waals surface area (Å²) < 4.78 is 0. The molecule has 3 N–H and O–H groups in total. The maximum Gasteiger partial charge on any atom is 0.275 e. The van der Waals surface area contributed by atoms with E-state index in [4.69, 9.17) is 0 Å². The molecule has 25 heavy (non-hydrogen) atoms. The van der Waals surface area contributed by atoms with E-state index in [9.17, 15) is 9.59 Å². The lowest BCUT2D eigenvalue weighted by Crippen LogP contribution is -2.15. The molecule has 0 saturated carbocycles. The Labute approximate surface area is 147 Å². The number of amides is 2. The van der Waals surface area contributed by atoms with Gasteiger partial charge in [-0.15, -0.1) is 0 Å². The molecule has 2 aromatic rings. The van der Waals surface area contributed by atoms with E-state index in [0.29, 0.717) is 23.1 Å². The monoisotopic (exact) mass is 341 g/mol. The van der Waals surface area contributed by atoms with Crippen LogP contribution in [0.1, 0.15) is 37.7 Å². The zero-order chi connectivity index (χ0) is 18.2. The lowest BCUT2D eigenvalue weighted by atomic mass is 10.1. The topological polar surface area (TPSA) is 96.0 Å². The lowest BCUT2D eigenvalue weighted by molar-refractivity contribution is -0.114. The zero-order valence-electron chi connectivity index (χ0n) is 14.7. The van der Waals surface area contributed by atoms with E-state index < -0.39 is 0 Å². The first-order valence-corrected chi connectivity index (χ1v) is 8.19. The molecular formula is C18H23N5O2. The molecule has 2 amide bonds. The Morgan fingerprint density at radius 3 is 2.40 bits per heavy atom. The molecule has 0 unspecified atom stereocenters. The van der Waals surface area contributed by atoms with Gasteiger partial charge in [-0.3, -0.25) is 9.59 Å². The van der Waals surface area contributed by atoms with Crippen LogP contribution in [0.3, 0.4) is 0 Å². The highest BCUT2D eigenvalue weighted by Crippen LogP contribution is 2.16. The molecule has 132 valence electrons. The second-order valence-corrected chi connectivity index (χ2v) is 6.11. The highest BCUT2D eigenvalue weighted by Gasteiger charge is 2.09. The standard InChI is InChI=1S/C18H23N5O2/c1-12(2)7-8-19-17-11-20-16(10-21-17)18(25)23-15-6-4-5-14(9-15)22-13(3)24/h4-6,9-12H,7-8H2,1-3H3,(H,19,21)(H,22,24)(H,23,25). The van der Waals surface area contributed by atoms with Gasteiger partial charge in [0.05, 0.1) is 12.4 Å². The van der Waals surface area contributed by atoms with Crippen LogP contribution in [0.25, 0.3) is 0 Å². The van der Waals surface area contributed by atoms with Crippen molar-refractivity contribution in [1.82, 2.24) is 9.97 Å². The molecule has 1 aromatic heterocycles. The van der Waals surface area contributed by atoms with Gasteiger partial charge in [-0.1, -0.05) is 19.9 Å². The van der Waals surface area contributed by atoms with Crippen LogP contribution < -0.4 is 16.0 Å². The number of aromatic nitrogens is 2. The number of anilines is 3. The summed E-state index contributed by atoms with van der Waals surface area (Å²) in [5.41, 5.74) is 1.40. The average molecular weight is 341 g/mol. The average Bonchev–Trinajstić information content (AvgIpc) is 2.55. The Hall–Kier alpha value is -2.96. The van der Waals surface area contributed by atoms with E-state index in [2.05, 4.69) is 39.8 Å². The fourth-order valence-corrected chi connectivity index (χ4v) is 2.10. The number of carbonyl (C=O) groups excluding carboxylic acids is 2. The minimum absolute atomic E-state index is 0.171. The zero-order valence-corrected chi connectivity index (χ0v) is 14.7. The minimum Gasteiger partial charge on any atom is -0.369 e. The van der Waals surface area contributed by atoms with Gasteiger partial charge in [0.1, 0.15) is 11.5 Å². The third-order valence-corrected chi connectivity index (χ3v) is 3.35. The molecule has 0 atom stereocenters. The quantitative estimate of drug-likeness (QED) is 0.719. The van der Waals surface area contributed by atoms with Crippen molar-refractivity contribution in [2.45, 2.75) is 27.2 Å². The molecule has 0 saturated heterocycles. The van der Waals surface area contributed by atoms with Crippen LogP contribution in [-0.4, -0.2) is 28.3 Å². The van der Waals surface area contributed by atoms with Crippen LogP contribution >= 0.6 is 0 Å². The molecule has 7 heteroatoms. The number of nitrogens with one attached hydrogen (secondary N) is 3. The molecule has 1 aromatic carbocycles. The maximum absolute atomic E-state index is 12.2. The molecule has 0 fully saturated rings. The maximum atomic E-state index is 12.2. The highest BCUT2D eigenvalue weighted by atomic mass is 16.2. The van der Waals surface area contributed by atoms with Gasteiger partial charge < -0.3 is 16.0 Å². The van der Waals surface area contributed by atoms with Gasteiger partial charge in [-0.25, -0.2) is 9.97 Å². The summed E-state index contributed by atoms with van der Waals surface area (Å²) in [6, 6.07) is 6.90. The van der Waals surface area contributed by atoms with Crippen LogP contribution in [0.5, 0.6) is 0 Å². The Morgan fingerprint density at radius 2 is 1.80 bits per heavy atom. The van der Waals surface area contributed by atoms with Crippen molar-refractivity contribution < 1.29 is 9.59 Å². The number of carbonyl (C=O) groups is 2. The molecule has 0 bridgehead atoms. The van der Waals surface area contributed by atoms with Gasteiger partial charge >= 0.3 is 0 Å². The van der Waals surface area contributed by atoms with Gasteiger partial charge in [0, 0.05) is 24.8 Å². The van der Waals surface area contributed by atoms with E-state index in [1.807, 2.05) is 0 Å². The number of hydrogen-bond donors (Lipinski definition) is 3. The first kappa shape index (κ1) is 18.4. The van der Waals surface area contributed by atoms with Gasteiger partial charge in [0.25, 0.3) is 5.91 Å². The summed E-state index contributed by atoms with van der Waals surface area (Å²) in [6.45, 7) is 6.55. The fraction of sp³-hybridized carbons (Fsp3) is 0.333. The Balaban J connectivity index is 1.95. The first-order chi connectivity index (χ1) is 11.9. The molecule has 0 aliphatic carbocycles. The summed E-state index contributed by atoms with van der Waals surface area (Å²) in [6.07, 6.45) is 4.02. The predicted octanol–water partition coefficient (Wildman–Crippen LogP) is 3.15. The number of benzene rings is 1. The third-order valence-electron chi connectivity index (χ3n) is 3.35. The fourth-order valence-electron chi connectivity index (χ4n) is 2.10. The summed E-state index contributed by atoms with van der Waals surface area (Å²) in [7, 11) is 0. The first-order valence-electron chi connectivity index (χ1n) is 8.19. The van der Waals surface area contributed by atoms with E-state index in [1.54, 1.807) is 30.5 Å². The molecule has 1 heterocycles. The number of rotatable bonds is 7. The summed E-state index contributed by atoms with van der Waals surface area (Å²) >= 11 is 0. The predicted molar refractivity (Wildman–Crippen MR) is 98.7 cm³/mol. The Bertz CT molecular complexity index is 729. The molecule has 7 nitrogen and oxygen atoms in total. The number of nitrogens with zero attached hydrogens (tertiary/aromatic N) is 2. The normalized spacial score (nSPS) is 10.4. The van der Waals surface area contributed by atoms with Crippen molar-refractivity contribution in [2.24, 2.45) is 5.92 Å². The van der Waals surface area contributed by atoms with Crippen molar-refractivity contribution in [1.29, 1.82) is 0 Å². The molecule has 0 aliphatic heterocycles. The van der Waals surface area contributed by atoms with Gasteiger partial charge in [-0.2, -0.15) is 0 Å². The smallest absolute Gasteiger partial charge is 0.275 e. The van der Waals surface area contributed by atoms with Gasteiger partial charge in [-0.05, 0) is 30.5 Å². The molecule has 2 rings (SSSR count). The highest BCUT2D eigenvalue weighted by molar-refractivity contribution is 6.03. The van der Waals surface area contributed by atoms with Crippen molar-refractivity contribution in [3.63, 3.8) is 0 Å². The second kappa shape index (κ2) is 8.77. The molecular weight excluding hydrogens is 318 g/mol. The second-order valence-electron chi connectivity index (χ2n) is 6.11. The third kappa shape index (κ3) is 6.21. The van der Waals surface area contributed by atoms with Crippen LogP contribution in [0.2, 0.25) is 0 Å². The Morgan fingerprint density at radius 1 is 1.08 bits per heavy atom. The summed E-state index contributed by atoms with van der Waals surface area (Å²) in [5.74, 6) is 0.722. The van der Waals surface area contributed by atoms with Crippen molar-refractivity contribution in [3.05, 3.63) is 42.4 Å². The lowest BCUT2D eigenvalue weighted by Gasteiger charge is -2.09. The van der Waals surface area contributed by atoms with E-state index >= 15 is 0 Å². The summed E-state index contributed by atoms with van der Waals surface area (Å²) in [5, 5.41) is 8.57. The SMILES string of the molecule is CC(=O)Nc1cccc(NC(=O)c2cnc(NCCC(C)C)cn2)c1. The van der Waals surface area contributed by atoms with Crippen LogP contribution in [0.15, 0.2) is 36.7 Å². The van der Waals surface area contributed by atoms with Crippen LogP contribution in [-0.2, 0) is 4.79 Å². The van der Waals surface area contributed by atoms with Crippen molar-refractivity contribution in [3.8, 4) is 0 Å².